The maximum atomic E-state index is 11.9. The third kappa shape index (κ3) is 2.49. The Bertz CT molecular complexity index is 475. The van der Waals surface area contributed by atoms with Crippen LogP contribution < -0.4 is 0 Å². The van der Waals surface area contributed by atoms with E-state index in [1.54, 1.807) is 0 Å². The highest BCUT2D eigenvalue weighted by Crippen LogP contribution is 2.03. The van der Waals surface area contributed by atoms with E-state index < -0.39 is 6.03 Å². The van der Waals surface area contributed by atoms with Gasteiger partial charge in [0.2, 0.25) is 0 Å². The summed E-state index contributed by atoms with van der Waals surface area (Å²) in [4.78, 5) is 11.9. The van der Waals surface area contributed by atoms with Crippen molar-refractivity contribution in [3.63, 3.8) is 0 Å². The van der Waals surface area contributed by atoms with Crippen molar-refractivity contribution in [2.75, 3.05) is 0 Å². The lowest BCUT2D eigenvalue weighted by Crippen LogP contribution is -2.23. The van der Waals surface area contributed by atoms with Crippen molar-refractivity contribution in [2.45, 2.75) is 32.6 Å². The van der Waals surface area contributed by atoms with Crippen LogP contribution in [0.5, 0.6) is 0 Å². The zero-order valence-electron chi connectivity index (χ0n) is 9.39. The van der Waals surface area contributed by atoms with Crippen molar-refractivity contribution in [2.24, 2.45) is 0 Å². The Morgan fingerprint density at radius 2 is 2.18 bits per heavy atom. The first-order chi connectivity index (χ1) is 8.33. The summed E-state index contributed by atoms with van der Waals surface area (Å²) in [6.45, 7) is 2.11. The van der Waals surface area contributed by atoms with E-state index in [1.165, 1.54) is 6.33 Å². The molecule has 0 saturated heterocycles. The smallest absolute Gasteiger partial charge is 0.243 e. The molecule has 2 aromatic heterocycles. The van der Waals surface area contributed by atoms with Crippen molar-refractivity contribution in [1.29, 1.82) is 0 Å². The number of tetrazole rings is 2. The number of aryl methyl sites for hydroxylation is 1. The molecule has 0 amide bonds. The number of carbonyl (C=O) groups is 1. The Morgan fingerprint density at radius 1 is 1.29 bits per heavy atom. The molecule has 2 aromatic rings. The molecular weight excluding hydrogens is 224 g/mol. The fourth-order valence-corrected chi connectivity index (χ4v) is 1.39. The first-order valence-corrected chi connectivity index (χ1v) is 5.38. The van der Waals surface area contributed by atoms with Crippen LogP contribution in [0, 0.1) is 0 Å². The number of hydrogen-bond donors (Lipinski definition) is 0. The molecule has 9 nitrogen and oxygen atoms in total. The van der Waals surface area contributed by atoms with Gasteiger partial charge in [-0.15, -0.1) is 19.6 Å². The molecule has 9 heteroatoms. The predicted octanol–water partition coefficient (Wildman–Crippen LogP) is -0.0913. The molecule has 0 bridgehead atoms. The van der Waals surface area contributed by atoms with Gasteiger partial charge < -0.3 is 0 Å². The van der Waals surface area contributed by atoms with E-state index in [-0.39, 0.29) is 0 Å². The highest BCUT2D eigenvalue weighted by molar-refractivity contribution is 5.77. The SMILES string of the molecule is CCCCCc1nnnn1C(=O)n1cnnn1. The van der Waals surface area contributed by atoms with Crippen LogP contribution in [0.15, 0.2) is 6.33 Å². The van der Waals surface area contributed by atoms with Gasteiger partial charge in [0, 0.05) is 6.42 Å². The lowest BCUT2D eigenvalue weighted by atomic mass is 10.2. The van der Waals surface area contributed by atoms with Crippen LogP contribution in [0.4, 0.5) is 4.79 Å². The maximum Gasteiger partial charge on any atom is 0.375 e. The number of aromatic nitrogens is 8. The van der Waals surface area contributed by atoms with E-state index in [4.69, 9.17) is 0 Å². The maximum absolute atomic E-state index is 11.9. The van der Waals surface area contributed by atoms with Gasteiger partial charge in [0.05, 0.1) is 0 Å². The van der Waals surface area contributed by atoms with Gasteiger partial charge in [0.25, 0.3) is 0 Å². The molecular formula is C8H12N8O. The third-order valence-corrected chi connectivity index (χ3v) is 2.26. The minimum atomic E-state index is -0.480. The second kappa shape index (κ2) is 5.23. The summed E-state index contributed by atoms with van der Waals surface area (Å²) in [5.41, 5.74) is 0. The van der Waals surface area contributed by atoms with Crippen molar-refractivity contribution in [3.05, 3.63) is 12.2 Å². The number of carbonyl (C=O) groups excluding carboxylic acids is 1. The van der Waals surface area contributed by atoms with E-state index in [1.807, 2.05) is 0 Å². The zero-order valence-corrected chi connectivity index (χ0v) is 9.39. The van der Waals surface area contributed by atoms with E-state index in [9.17, 15) is 4.79 Å². The van der Waals surface area contributed by atoms with Crippen molar-refractivity contribution in [3.8, 4) is 0 Å². The van der Waals surface area contributed by atoms with Gasteiger partial charge in [0.15, 0.2) is 5.82 Å². The fraction of sp³-hybridized carbons (Fsp3) is 0.625. The summed E-state index contributed by atoms with van der Waals surface area (Å²) in [5, 5.41) is 21.2. The lowest BCUT2D eigenvalue weighted by Gasteiger charge is -2.01. The van der Waals surface area contributed by atoms with E-state index >= 15 is 0 Å². The molecule has 0 spiro atoms. The van der Waals surface area contributed by atoms with E-state index in [0.717, 1.165) is 28.6 Å². The molecule has 90 valence electrons. The molecule has 2 heterocycles. The summed E-state index contributed by atoms with van der Waals surface area (Å²) in [7, 11) is 0. The highest BCUT2D eigenvalue weighted by Gasteiger charge is 2.16. The van der Waals surface area contributed by atoms with Gasteiger partial charge in [-0.1, -0.05) is 19.8 Å². The number of hydrogen-bond acceptors (Lipinski definition) is 7. The molecule has 0 saturated carbocycles. The Labute approximate surface area is 96.8 Å². The van der Waals surface area contributed by atoms with Crippen LogP contribution in [0.25, 0.3) is 0 Å². The zero-order chi connectivity index (χ0) is 12.1. The first-order valence-electron chi connectivity index (χ1n) is 5.38. The molecule has 17 heavy (non-hydrogen) atoms. The van der Waals surface area contributed by atoms with Crippen LogP contribution in [-0.4, -0.2) is 46.4 Å². The van der Waals surface area contributed by atoms with Crippen LogP contribution in [-0.2, 0) is 6.42 Å². The summed E-state index contributed by atoms with van der Waals surface area (Å²) < 4.78 is 2.10. The predicted molar refractivity (Wildman–Crippen MR) is 55.1 cm³/mol. The highest BCUT2D eigenvalue weighted by atomic mass is 16.2. The molecule has 2 rings (SSSR count). The fourth-order valence-electron chi connectivity index (χ4n) is 1.39. The topological polar surface area (TPSA) is 104 Å². The average Bonchev–Trinajstić information content (AvgIpc) is 3.00. The molecule has 0 aliphatic heterocycles. The Kier molecular flexibility index (Phi) is 3.48. The van der Waals surface area contributed by atoms with E-state index in [2.05, 4.69) is 38.0 Å². The third-order valence-electron chi connectivity index (χ3n) is 2.26. The minimum absolute atomic E-state index is 0.480. The van der Waals surface area contributed by atoms with Crippen LogP contribution in [0.1, 0.15) is 32.0 Å². The van der Waals surface area contributed by atoms with Gasteiger partial charge in [-0.3, -0.25) is 0 Å². The van der Waals surface area contributed by atoms with Gasteiger partial charge in [0.1, 0.15) is 6.33 Å². The largest absolute Gasteiger partial charge is 0.375 e. The quantitative estimate of drug-likeness (QED) is 0.539. The second-order valence-corrected chi connectivity index (χ2v) is 3.50. The Morgan fingerprint density at radius 3 is 2.88 bits per heavy atom. The van der Waals surface area contributed by atoms with Gasteiger partial charge >= 0.3 is 6.03 Å². The average molecular weight is 236 g/mol. The van der Waals surface area contributed by atoms with Gasteiger partial charge in [-0.2, -0.15) is 0 Å². The van der Waals surface area contributed by atoms with Crippen LogP contribution in [0.2, 0.25) is 0 Å². The molecule has 0 aliphatic rings. The first kappa shape index (κ1) is 11.3. The normalized spacial score (nSPS) is 10.6. The van der Waals surface area contributed by atoms with Gasteiger partial charge in [-0.25, -0.2) is 4.79 Å². The van der Waals surface area contributed by atoms with E-state index in [0.29, 0.717) is 12.2 Å². The molecule has 0 unspecified atom stereocenters. The molecule has 0 atom stereocenters. The molecule has 0 N–H and O–H groups in total. The summed E-state index contributed by atoms with van der Waals surface area (Å²) in [5.74, 6) is 0.527. The van der Waals surface area contributed by atoms with Crippen LogP contribution in [0.3, 0.4) is 0 Å². The number of rotatable bonds is 4. The summed E-state index contributed by atoms with van der Waals surface area (Å²) in [6.07, 6.45) is 4.99. The monoisotopic (exact) mass is 236 g/mol. The van der Waals surface area contributed by atoms with Crippen molar-refractivity contribution >= 4 is 6.03 Å². The Balaban J connectivity index is 2.11. The lowest BCUT2D eigenvalue weighted by molar-refractivity contribution is 0.236. The minimum Gasteiger partial charge on any atom is -0.243 e. The standard InChI is InChI=1S/C8H12N8O/c1-2-3-4-5-7-10-12-14-16(7)8(17)15-6-9-11-13-15/h6H,2-5H2,1H3. The van der Waals surface area contributed by atoms with Crippen molar-refractivity contribution in [1.82, 2.24) is 40.4 Å². The molecule has 0 radical (unpaired) electrons. The van der Waals surface area contributed by atoms with Crippen LogP contribution >= 0.6 is 0 Å². The molecule has 0 aromatic carbocycles. The number of unbranched alkanes of at least 4 members (excludes halogenated alkanes) is 2. The summed E-state index contributed by atoms with van der Waals surface area (Å²) >= 11 is 0. The molecule has 0 fully saturated rings. The second-order valence-electron chi connectivity index (χ2n) is 3.50. The van der Waals surface area contributed by atoms with Gasteiger partial charge in [-0.05, 0) is 27.3 Å². The molecule has 0 aliphatic carbocycles. The summed E-state index contributed by atoms with van der Waals surface area (Å²) in [6, 6.07) is -0.480. The van der Waals surface area contributed by atoms with Crippen molar-refractivity contribution < 1.29 is 4.79 Å². The number of nitrogens with zero attached hydrogens (tertiary/aromatic N) is 8. The Hall–Kier alpha value is -2.19.